The normalized spacial score (nSPS) is 27.1. The van der Waals surface area contributed by atoms with E-state index in [1.54, 1.807) is 0 Å². The summed E-state index contributed by atoms with van der Waals surface area (Å²) in [5.74, 6) is 1.35. The smallest absolute Gasteiger partial charge is 0.162 e. The van der Waals surface area contributed by atoms with Crippen LogP contribution in [-0.2, 0) is 9.53 Å². The Morgan fingerprint density at radius 2 is 1.79 bits per heavy atom. The number of rotatable bonds is 3. The first-order valence-corrected chi connectivity index (χ1v) is 9.25. The SMILES string of the molecule is CC(C)[C@@H]1CC[C@H](C)C(=Cc2ccc(N3CCOCC3)cc2)C1=O. The summed E-state index contributed by atoms with van der Waals surface area (Å²) < 4.78 is 5.41. The molecule has 3 heteroatoms. The first kappa shape index (κ1) is 17.2. The van der Waals surface area contributed by atoms with Gasteiger partial charge in [0.05, 0.1) is 13.2 Å². The zero-order valence-electron chi connectivity index (χ0n) is 15.1. The topological polar surface area (TPSA) is 29.5 Å². The van der Waals surface area contributed by atoms with Crippen LogP contribution in [0.5, 0.6) is 0 Å². The molecule has 3 rings (SSSR count). The van der Waals surface area contributed by atoms with Gasteiger partial charge in [-0.1, -0.05) is 32.9 Å². The number of ketones is 1. The quantitative estimate of drug-likeness (QED) is 0.780. The van der Waals surface area contributed by atoms with Crippen LogP contribution in [0.1, 0.15) is 39.2 Å². The number of nitrogens with zero attached hydrogens (tertiary/aromatic N) is 1. The highest BCUT2D eigenvalue weighted by atomic mass is 16.5. The Morgan fingerprint density at radius 3 is 2.42 bits per heavy atom. The van der Waals surface area contributed by atoms with Crippen LogP contribution in [0.25, 0.3) is 6.08 Å². The van der Waals surface area contributed by atoms with E-state index in [0.29, 0.717) is 17.6 Å². The molecule has 1 aromatic carbocycles. The number of ether oxygens (including phenoxy) is 1. The lowest BCUT2D eigenvalue weighted by molar-refractivity contribution is -0.122. The van der Waals surface area contributed by atoms with Crippen LogP contribution in [0, 0.1) is 17.8 Å². The fourth-order valence-electron chi connectivity index (χ4n) is 3.81. The predicted octanol–water partition coefficient (Wildman–Crippen LogP) is 4.18. The number of carbonyl (C=O) groups excluding carboxylic acids is 1. The fraction of sp³-hybridized carbons (Fsp3) is 0.571. The van der Waals surface area contributed by atoms with Crippen LogP contribution < -0.4 is 4.90 Å². The zero-order valence-corrected chi connectivity index (χ0v) is 15.1. The van der Waals surface area contributed by atoms with Crippen LogP contribution in [0.2, 0.25) is 0 Å². The molecule has 1 aromatic rings. The molecule has 1 aliphatic heterocycles. The zero-order chi connectivity index (χ0) is 17.1. The van der Waals surface area contributed by atoms with E-state index in [9.17, 15) is 4.79 Å². The van der Waals surface area contributed by atoms with Gasteiger partial charge in [-0.05, 0) is 54.0 Å². The van der Waals surface area contributed by atoms with Crippen molar-refractivity contribution in [2.75, 3.05) is 31.2 Å². The molecule has 0 spiro atoms. The number of hydrogen-bond donors (Lipinski definition) is 0. The number of Topliss-reactive ketones (excluding diaryl/α,β-unsaturated/α-hetero) is 1. The average molecular weight is 327 g/mol. The highest BCUT2D eigenvalue weighted by Gasteiger charge is 2.32. The third-order valence-corrected chi connectivity index (χ3v) is 5.46. The summed E-state index contributed by atoms with van der Waals surface area (Å²) in [4.78, 5) is 15.2. The number of allylic oxidation sites excluding steroid dienone is 1. The molecule has 0 unspecified atom stereocenters. The monoisotopic (exact) mass is 327 g/mol. The molecule has 0 amide bonds. The second-order valence-corrected chi connectivity index (χ2v) is 7.48. The fourth-order valence-corrected chi connectivity index (χ4v) is 3.81. The minimum Gasteiger partial charge on any atom is -0.378 e. The summed E-state index contributed by atoms with van der Waals surface area (Å²) in [6.45, 7) is 10.0. The maximum atomic E-state index is 12.8. The summed E-state index contributed by atoms with van der Waals surface area (Å²) in [5.41, 5.74) is 3.38. The van der Waals surface area contributed by atoms with Crippen LogP contribution in [-0.4, -0.2) is 32.1 Å². The van der Waals surface area contributed by atoms with Crippen molar-refractivity contribution >= 4 is 17.5 Å². The van der Waals surface area contributed by atoms with E-state index in [1.165, 1.54) is 5.69 Å². The Morgan fingerprint density at radius 1 is 1.12 bits per heavy atom. The molecule has 2 aliphatic rings. The molecule has 3 nitrogen and oxygen atoms in total. The van der Waals surface area contributed by atoms with Crippen molar-refractivity contribution in [2.24, 2.45) is 17.8 Å². The van der Waals surface area contributed by atoms with Gasteiger partial charge < -0.3 is 9.64 Å². The third-order valence-electron chi connectivity index (χ3n) is 5.46. The van der Waals surface area contributed by atoms with Crippen molar-refractivity contribution in [3.8, 4) is 0 Å². The molecule has 1 saturated heterocycles. The Kier molecular flexibility index (Phi) is 5.40. The highest BCUT2D eigenvalue weighted by molar-refractivity contribution is 6.02. The van der Waals surface area contributed by atoms with Crippen molar-refractivity contribution in [2.45, 2.75) is 33.6 Å². The van der Waals surface area contributed by atoms with Gasteiger partial charge in [-0.25, -0.2) is 0 Å². The van der Waals surface area contributed by atoms with E-state index in [0.717, 1.165) is 50.3 Å². The molecule has 2 atom stereocenters. The molecule has 0 radical (unpaired) electrons. The Balaban J connectivity index is 1.77. The van der Waals surface area contributed by atoms with Crippen molar-refractivity contribution in [3.63, 3.8) is 0 Å². The van der Waals surface area contributed by atoms with Gasteiger partial charge in [0, 0.05) is 24.7 Å². The van der Waals surface area contributed by atoms with Gasteiger partial charge in [-0.2, -0.15) is 0 Å². The van der Waals surface area contributed by atoms with Crippen molar-refractivity contribution < 1.29 is 9.53 Å². The van der Waals surface area contributed by atoms with Crippen LogP contribution in [0.15, 0.2) is 29.8 Å². The minimum atomic E-state index is 0.195. The Bertz CT molecular complexity index is 597. The molecular formula is C21H29NO2. The number of benzene rings is 1. The number of anilines is 1. The summed E-state index contributed by atoms with van der Waals surface area (Å²) in [7, 11) is 0. The van der Waals surface area contributed by atoms with Crippen LogP contribution >= 0.6 is 0 Å². The van der Waals surface area contributed by atoms with E-state index in [2.05, 4.69) is 56.0 Å². The number of carbonyl (C=O) groups is 1. The van der Waals surface area contributed by atoms with E-state index in [4.69, 9.17) is 4.74 Å². The van der Waals surface area contributed by atoms with Gasteiger partial charge in [0.15, 0.2) is 5.78 Å². The average Bonchev–Trinajstić information content (AvgIpc) is 2.59. The van der Waals surface area contributed by atoms with Gasteiger partial charge in [0.2, 0.25) is 0 Å². The molecule has 24 heavy (non-hydrogen) atoms. The molecular weight excluding hydrogens is 298 g/mol. The summed E-state index contributed by atoms with van der Waals surface area (Å²) in [6, 6.07) is 8.60. The van der Waals surface area contributed by atoms with E-state index in [1.807, 2.05) is 0 Å². The summed E-state index contributed by atoms with van der Waals surface area (Å²) in [6.07, 6.45) is 4.27. The van der Waals surface area contributed by atoms with Gasteiger partial charge in [-0.3, -0.25) is 4.79 Å². The standard InChI is InChI=1S/C21H29NO2/c1-15(2)19-9-4-16(3)20(21(19)23)14-17-5-7-18(8-6-17)22-10-12-24-13-11-22/h5-8,14-16,19H,4,9-13H2,1-3H3/t16-,19-/m0/s1. The van der Waals surface area contributed by atoms with Gasteiger partial charge in [-0.15, -0.1) is 0 Å². The number of hydrogen-bond acceptors (Lipinski definition) is 3. The van der Waals surface area contributed by atoms with E-state index in [-0.39, 0.29) is 5.92 Å². The molecule has 0 aromatic heterocycles. The third kappa shape index (κ3) is 3.72. The molecule has 0 N–H and O–H groups in total. The lowest BCUT2D eigenvalue weighted by Gasteiger charge is -2.30. The second-order valence-electron chi connectivity index (χ2n) is 7.48. The van der Waals surface area contributed by atoms with Crippen molar-refractivity contribution in [1.82, 2.24) is 0 Å². The van der Waals surface area contributed by atoms with Gasteiger partial charge in [0.1, 0.15) is 0 Å². The van der Waals surface area contributed by atoms with Crippen LogP contribution in [0.4, 0.5) is 5.69 Å². The lowest BCUT2D eigenvalue weighted by Crippen LogP contribution is -2.36. The number of morpholine rings is 1. The molecule has 1 saturated carbocycles. The first-order valence-electron chi connectivity index (χ1n) is 9.25. The van der Waals surface area contributed by atoms with Gasteiger partial charge in [0.25, 0.3) is 0 Å². The van der Waals surface area contributed by atoms with Gasteiger partial charge >= 0.3 is 0 Å². The van der Waals surface area contributed by atoms with E-state index >= 15 is 0 Å². The molecule has 2 fully saturated rings. The lowest BCUT2D eigenvalue weighted by atomic mass is 9.73. The second kappa shape index (κ2) is 7.52. The highest BCUT2D eigenvalue weighted by Crippen LogP contribution is 2.35. The van der Waals surface area contributed by atoms with E-state index < -0.39 is 0 Å². The Hall–Kier alpha value is -1.61. The van der Waals surface area contributed by atoms with Crippen molar-refractivity contribution in [1.29, 1.82) is 0 Å². The van der Waals surface area contributed by atoms with Crippen LogP contribution in [0.3, 0.4) is 0 Å². The predicted molar refractivity (Wildman–Crippen MR) is 99.2 cm³/mol. The van der Waals surface area contributed by atoms with Crippen molar-refractivity contribution in [3.05, 3.63) is 35.4 Å². The molecule has 130 valence electrons. The summed E-state index contributed by atoms with van der Waals surface area (Å²) >= 11 is 0. The maximum Gasteiger partial charge on any atom is 0.162 e. The largest absolute Gasteiger partial charge is 0.378 e. The minimum absolute atomic E-state index is 0.195. The maximum absolute atomic E-state index is 12.8. The molecule has 0 bridgehead atoms. The Labute approximate surface area is 145 Å². The summed E-state index contributed by atoms with van der Waals surface area (Å²) in [5, 5.41) is 0. The molecule has 1 aliphatic carbocycles. The first-order chi connectivity index (χ1) is 11.6. The molecule has 1 heterocycles.